The summed E-state index contributed by atoms with van der Waals surface area (Å²) < 4.78 is 2.14. The van der Waals surface area contributed by atoms with Crippen molar-refractivity contribution >= 4 is 11.8 Å². The van der Waals surface area contributed by atoms with Crippen LogP contribution < -0.4 is 0 Å². The summed E-state index contributed by atoms with van der Waals surface area (Å²) in [5.41, 5.74) is 2.35. The van der Waals surface area contributed by atoms with Gasteiger partial charge in [0.15, 0.2) is 5.16 Å². The predicted octanol–water partition coefficient (Wildman–Crippen LogP) is 3.34. The molecule has 1 N–H and O–H groups in total. The van der Waals surface area contributed by atoms with Crippen LogP contribution in [0.25, 0.3) is 11.3 Å². The number of thioether (sulfide) groups is 1. The largest absolute Gasteiger partial charge is 0.396 e. The molecule has 0 aliphatic rings. The second-order valence-electron chi connectivity index (χ2n) is 4.48. The summed E-state index contributed by atoms with van der Waals surface area (Å²) in [5, 5.41) is 9.79. The Labute approximate surface area is 118 Å². The van der Waals surface area contributed by atoms with Gasteiger partial charge in [-0.15, -0.1) is 0 Å². The highest BCUT2D eigenvalue weighted by molar-refractivity contribution is 7.99. The maximum atomic E-state index is 8.73. The first kappa shape index (κ1) is 14.2. The molecule has 1 aromatic heterocycles. The molecule has 4 heteroatoms. The average Bonchev–Trinajstić information content (AvgIpc) is 2.81. The Morgan fingerprint density at radius 2 is 1.95 bits per heavy atom. The smallest absolute Gasteiger partial charge is 0.168 e. The third kappa shape index (κ3) is 3.85. The number of imidazole rings is 1. The number of hydrogen-bond donors (Lipinski definition) is 1. The van der Waals surface area contributed by atoms with Gasteiger partial charge in [0.05, 0.1) is 11.9 Å². The topological polar surface area (TPSA) is 38.0 Å². The third-order valence-electron chi connectivity index (χ3n) is 3.05. The Hall–Kier alpha value is -1.26. The average molecular weight is 276 g/mol. The van der Waals surface area contributed by atoms with Crippen molar-refractivity contribution in [3.8, 4) is 11.3 Å². The SMILES string of the molecule is Cn1c(-c2ccccc2)cnc1SCCCCCO. The molecule has 0 saturated carbocycles. The minimum Gasteiger partial charge on any atom is -0.396 e. The molecular weight excluding hydrogens is 256 g/mol. The number of unbranched alkanes of at least 4 members (excludes halogenated alkanes) is 2. The fourth-order valence-electron chi connectivity index (χ4n) is 1.96. The van der Waals surface area contributed by atoms with Gasteiger partial charge in [-0.1, -0.05) is 48.5 Å². The maximum Gasteiger partial charge on any atom is 0.168 e. The first-order valence-electron chi connectivity index (χ1n) is 6.63. The molecule has 0 amide bonds. The molecule has 3 nitrogen and oxygen atoms in total. The van der Waals surface area contributed by atoms with E-state index in [0.717, 1.165) is 35.9 Å². The molecule has 0 radical (unpaired) electrons. The lowest BCUT2D eigenvalue weighted by molar-refractivity contribution is 0.284. The fraction of sp³-hybridized carbons (Fsp3) is 0.400. The molecular formula is C15H20N2OS. The van der Waals surface area contributed by atoms with Crippen molar-refractivity contribution in [2.24, 2.45) is 7.05 Å². The highest BCUT2D eigenvalue weighted by Crippen LogP contribution is 2.25. The van der Waals surface area contributed by atoms with Crippen molar-refractivity contribution in [3.05, 3.63) is 36.5 Å². The van der Waals surface area contributed by atoms with E-state index >= 15 is 0 Å². The first-order chi connectivity index (χ1) is 9.33. The number of nitrogens with zero attached hydrogens (tertiary/aromatic N) is 2. The van der Waals surface area contributed by atoms with Crippen LogP contribution in [0.3, 0.4) is 0 Å². The number of benzene rings is 1. The molecule has 2 rings (SSSR count). The Kier molecular flexibility index (Phi) is 5.48. The molecule has 19 heavy (non-hydrogen) atoms. The van der Waals surface area contributed by atoms with E-state index in [1.54, 1.807) is 11.8 Å². The van der Waals surface area contributed by atoms with Crippen molar-refractivity contribution in [2.75, 3.05) is 12.4 Å². The van der Waals surface area contributed by atoms with Crippen LogP contribution in [-0.2, 0) is 7.05 Å². The Morgan fingerprint density at radius 3 is 2.68 bits per heavy atom. The zero-order chi connectivity index (χ0) is 13.5. The van der Waals surface area contributed by atoms with Crippen LogP contribution in [0.2, 0.25) is 0 Å². The number of aliphatic hydroxyl groups is 1. The van der Waals surface area contributed by atoms with E-state index in [1.165, 1.54) is 5.56 Å². The zero-order valence-corrected chi connectivity index (χ0v) is 12.1. The monoisotopic (exact) mass is 276 g/mol. The highest BCUT2D eigenvalue weighted by Gasteiger charge is 2.08. The molecule has 0 fully saturated rings. The van der Waals surface area contributed by atoms with Gasteiger partial charge in [0.25, 0.3) is 0 Å². The molecule has 0 spiro atoms. The fourth-order valence-corrected chi connectivity index (χ4v) is 2.91. The van der Waals surface area contributed by atoms with Crippen molar-refractivity contribution in [1.29, 1.82) is 0 Å². The molecule has 2 aromatic rings. The molecule has 0 saturated heterocycles. The molecule has 102 valence electrons. The predicted molar refractivity (Wildman–Crippen MR) is 80.3 cm³/mol. The van der Waals surface area contributed by atoms with Gasteiger partial charge in [0.1, 0.15) is 0 Å². The number of hydrogen-bond acceptors (Lipinski definition) is 3. The van der Waals surface area contributed by atoms with Crippen LogP contribution in [0, 0.1) is 0 Å². The lowest BCUT2D eigenvalue weighted by atomic mass is 10.2. The molecule has 1 aromatic carbocycles. The summed E-state index contributed by atoms with van der Waals surface area (Å²) in [7, 11) is 2.06. The second-order valence-corrected chi connectivity index (χ2v) is 5.55. The van der Waals surface area contributed by atoms with Crippen LogP contribution in [0.15, 0.2) is 41.7 Å². The highest BCUT2D eigenvalue weighted by atomic mass is 32.2. The van der Waals surface area contributed by atoms with E-state index in [0.29, 0.717) is 6.61 Å². The first-order valence-corrected chi connectivity index (χ1v) is 7.62. The van der Waals surface area contributed by atoms with Crippen LogP contribution in [0.5, 0.6) is 0 Å². The van der Waals surface area contributed by atoms with E-state index in [9.17, 15) is 0 Å². The summed E-state index contributed by atoms with van der Waals surface area (Å²) >= 11 is 1.78. The van der Waals surface area contributed by atoms with Gasteiger partial charge in [-0.25, -0.2) is 4.98 Å². The molecule has 0 aliphatic carbocycles. The van der Waals surface area contributed by atoms with Gasteiger partial charge in [0.2, 0.25) is 0 Å². The van der Waals surface area contributed by atoms with Crippen LogP contribution in [0.4, 0.5) is 0 Å². The number of rotatable bonds is 7. The number of aliphatic hydroxyl groups excluding tert-OH is 1. The minimum atomic E-state index is 0.297. The lowest BCUT2D eigenvalue weighted by Crippen LogP contribution is -1.95. The van der Waals surface area contributed by atoms with Gasteiger partial charge in [-0.2, -0.15) is 0 Å². The second kappa shape index (κ2) is 7.36. The summed E-state index contributed by atoms with van der Waals surface area (Å²) in [4.78, 5) is 4.49. The van der Waals surface area contributed by atoms with Gasteiger partial charge >= 0.3 is 0 Å². The molecule has 0 unspecified atom stereocenters. The molecule has 0 bridgehead atoms. The van der Waals surface area contributed by atoms with Crippen molar-refractivity contribution in [2.45, 2.75) is 24.4 Å². The standard InChI is InChI=1S/C15H20N2OS/c1-17-14(13-8-4-2-5-9-13)12-16-15(17)19-11-7-3-6-10-18/h2,4-5,8-9,12,18H,3,6-7,10-11H2,1H3. The van der Waals surface area contributed by atoms with E-state index in [2.05, 4.69) is 28.7 Å². The number of aromatic nitrogens is 2. The van der Waals surface area contributed by atoms with E-state index < -0.39 is 0 Å². The van der Waals surface area contributed by atoms with Gasteiger partial charge in [0, 0.05) is 19.4 Å². The van der Waals surface area contributed by atoms with Crippen molar-refractivity contribution in [3.63, 3.8) is 0 Å². The Morgan fingerprint density at radius 1 is 1.16 bits per heavy atom. The van der Waals surface area contributed by atoms with Crippen LogP contribution in [0.1, 0.15) is 19.3 Å². The van der Waals surface area contributed by atoms with E-state index in [4.69, 9.17) is 5.11 Å². The quantitative estimate of drug-likeness (QED) is 0.622. The molecule has 0 aliphatic heterocycles. The Bertz CT molecular complexity index is 496. The van der Waals surface area contributed by atoms with Gasteiger partial charge in [-0.3, -0.25) is 0 Å². The van der Waals surface area contributed by atoms with Gasteiger partial charge in [-0.05, 0) is 18.4 Å². The van der Waals surface area contributed by atoms with Gasteiger partial charge < -0.3 is 9.67 Å². The lowest BCUT2D eigenvalue weighted by Gasteiger charge is -2.05. The van der Waals surface area contributed by atoms with E-state index in [1.807, 2.05) is 24.4 Å². The van der Waals surface area contributed by atoms with Crippen molar-refractivity contribution < 1.29 is 5.11 Å². The van der Waals surface area contributed by atoms with Crippen LogP contribution in [-0.4, -0.2) is 27.0 Å². The minimum absolute atomic E-state index is 0.297. The maximum absolute atomic E-state index is 8.73. The summed E-state index contributed by atoms with van der Waals surface area (Å²) in [5.74, 6) is 1.05. The molecule has 0 atom stereocenters. The third-order valence-corrected chi connectivity index (χ3v) is 4.18. The Balaban J connectivity index is 1.95. The molecule has 1 heterocycles. The normalized spacial score (nSPS) is 10.8. The zero-order valence-electron chi connectivity index (χ0n) is 11.2. The van der Waals surface area contributed by atoms with Crippen molar-refractivity contribution in [1.82, 2.24) is 9.55 Å². The summed E-state index contributed by atoms with van der Waals surface area (Å²) in [6.07, 6.45) is 5.04. The van der Waals surface area contributed by atoms with Crippen LogP contribution >= 0.6 is 11.8 Å². The summed E-state index contributed by atoms with van der Waals surface area (Å²) in [6.45, 7) is 0.297. The van der Waals surface area contributed by atoms with E-state index in [-0.39, 0.29) is 0 Å². The summed E-state index contributed by atoms with van der Waals surface area (Å²) in [6, 6.07) is 10.3.